The number of benzene rings is 2. The van der Waals surface area contributed by atoms with E-state index in [0.717, 1.165) is 11.3 Å². The molecule has 0 aliphatic heterocycles. The van der Waals surface area contributed by atoms with Crippen LogP contribution in [0.5, 0.6) is 5.75 Å². The average molecular weight is 441 g/mol. The van der Waals surface area contributed by atoms with E-state index >= 15 is 0 Å². The summed E-state index contributed by atoms with van der Waals surface area (Å²) in [4.78, 5) is 19.8. The molecule has 4 rings (SSSR count). The maximum atomic E-state index is 12.7. The molecular formula is C25H20N4O2S. The molecule has 0 aliphatic carbocycles. The van der Waals surface area contributed by atoms with Crippen LogP contribution in [0.4, 0.5) is 11.5 Å². The highest BCUT2D eigenvalue weighted by molar-refractivity contribution is 7.12. The molecule has 2 heterocycles. The number of anilines is 2. The smallest absolute Gasteiger partial charge is 0.266 e. The molecule has 0 saturated carbocycles. The number of pyridine rings is 1. The van der Waals surface area contributed by atoms with E-state index in [2.05, 4.69) is 16.4 Å². The van der Waals surface area contributed by atoms with E-state index in [1.807, 2.05) is 48.6 Å². The van der Waals surface area contributed by atoms with Gasteiger partial charge in [0.1, 0.15) is 17.4 Å². The van der Waals surface area contributed by atoms with Crippen LogP contribution >= 0.6 is 11.3 Å². The van der Waals surface area contributed by atoms with E-state index in [-0.39, 0.29) is 23.0 Å². The van der Waals surface area contributed by atoms with Crippen molar-refractivity contribution in [2.24, 2.45) is 0 Å². The number of phenolic OH excluding ortho intramolecular Hbond substituents is 1. The zero-order valence-electron chi connectivity index (χ0n) is 17.5. The van der Waals surface area contributed by atoms with E-state index in [4.69, 9.17) is 0 Å². The van der Waals surface area contributed by atoms with Crippen LogP contribution in [0.25, 0.3) is 22.4 Å². The number of nitriles is 1. The predicted octanol–water partition coefficient (Wildman–Crippen LogP) is 5.37. The lowest BCUT2D eigenvalue weighted by Crippen LogP contribution is -2.14. The van der Waals surface area contributed by atoms with Gasteiger partial charge in [-0.25, -0.2) is 4.98 Å². The fraction of sp³-hybridized carbons (Fsp3) is 0.0800. The van der Waals surface area contributed by atoms with Crippen molar-refractivity contribution >= 4 is 28.7 Å². The quantitative estimate of drug-likeness (QED) is 0.435. The van der Waals surface area contributed by atoms with Gasteiger partial charge in [-0.05, 0) is 47.3 Å². The lowest BCUT2D eigenvalue weighted by atomic mass is 9.97. The summed E-state index contributed by atoms with van der Waals surface area (Å²) in [6.07, 6.45) is 0. The Morgan fingerprint density at radius 3 is 2.56 bits per heavy atom. The summed E-state index contributed by atoms with van der Waals surface area (Å²) in [6.45, 7) is 0. The molecule has 0 bridgehead atoms. The third-order valence-electron chi connectivity index (χ3n) is 4.96. The van der Waals surface area contributed by atoms with E-state index in [0.29, 0.717) is 21.7 Å². The zero-order chi connectivity index (χ0) is 22.7. The van der Waals surface area contributed by atoms with Gasteiger partial charge in [0.05, 0.1) is 10.6 Å². The minimum atomic E-state index is -0.341. The van der Waals surface area contributed by atoms with E-state index in [1.54, 1.807) is 42.5 Å². The van der Waals surface area contributed by atoms with Crippen LogP contribution in [0, 0.1) is 11.3 Å². The molecule has 158 valence electrons. The lowest BCUT2D eigenvalue weighted by molar-refractivity contribution is 0.103. The molecule has 0 saturated heterocycles. The molecule has 4 aromatic rings. The number of phenols is 1. The first-order valence-electron chi connectivity index (χ1n) is 9.84. The number of carbonyl (C=O) groups excluding carboxylic acids is 1. The number of hydrogen-bond acceptors (Lipinski definition) is 6. The van der Waals surface area contributed by atoms with Gasteiger partial charge in [-0.3, -0.25) is 4.79 Å². The molecule has 2 aromatic heterocycles. The largest absolute Gasteiger partial charge is 0.507 e. The summed E-state index contributed by atoms with van der Waals surface area (Å²) in [6, 6.07) is 22.1. The van der Waals surface area contributed by atoms with E-state index in [1.165, 1.54) is 11.3 Å². The van der Waals surface area contributed by atoms with Gasteiger partial charge < -0.3 is 15.3 Å². The fourth-order valence-corrected chi connectivity index (χ4v) is 3.95. The van der Waals surface area contributed by atoms with Gasteiger partial charge >= 0.3 is 0 Å². The monoisotopic (exact) mass is 440 g/mol. The first-order chi connectivity index (χ1) is 15.5. The molecule has 7 heteroatoms. The third-order valence-corrected chi connectivity index (χ3v) is 5.83. The number of para-hydroxylation sites is 1. The molecule has 2 aromatic carbocycles. The molecular weight excluding hydrogens is 420 g/mol. The maximum Gasteiger partial charge on any atom is 0.266 e. The van der Waals surface area contributed by atoms with Crippen molar-refractivity contribution in [3.05, 3.63) is 82.6 Å². The Kier molecular flexibility index (Phi) is 5.88. The number of nitrogens with one attached hydrogen (secondary N) is 1. The number of amides is 1. The summed E-state index contributed by atoms with van der Waals surface area (Å²) in [5.74, 6) is -0.128. The molecule has 0 radical (unpaired) electrons. The molecule has 2 N–H and O–H groups in total. The second kappa shape index (κ2) is 8.92. The van der Waals surface area contributed by atoms with Crippen molar-refractivity contribution in [3.8, 4) is 34.2 Å². The van der Waals surface area contributed by atoms with Gasteiger partial charge in [0.25, 0.3) is 5.91 Å². The number of aromatic hydroxyl groups is 1. The van der Waals surface area contributed by atoms with Crippen LogP contribution in [-0.4, -0.2) is 30.1 Å². The second-order valence-electron chi connectivity index (χ2n) is 7.28. The molecule has 32 heavy (non-hydrogen) atoms. The normalized spacial score (nSPS) is 10.4. The molecule has 1 amide bonds. The topological polar surface area (TPSA) is 89.2 Å². The average Bonchev–Trinajstić information content (AvgIpc) is 3.34. The van der Waals surface area contributed by atoms with E-state index in [9.17, 15) is 15.2 Å². The Morgan fingerprint density at radius 1 is 1.06 bits per heavy atom. The zero-order valence-corrected chi connectivity index (χ0v) is 18.4. The van der Waals surface area contributed by atoms with Gasteiger partial charge in [-0.2, -0.15) is 5.26 Å². The van der Waals surface area contributed by atoms with Gasteiger partial charge in [-0.1, -0.05) is 30.3 Å². The van der Waals surface area contributed by atoms with Gasteiger partial charge in [-0.15, -0.1) is 11.3 Å². The van der Waals surface area contributed by atoms with Crippen molar-refractivity contribution in [3.63, 3.8) is 0 Å². The SMILES string of the molecule is CN(C)c1cccc(-c2cc(-c3ccccc3O)nc(NC(=O)c3cccs3)c2C#N)c1. The maximum absolute atomic E-state index is 12.7. The fourth-order valence-electron chi connectivity index (χ4n) is 3.33. The summed E-state index contributed by atoms with van der Waals surface area (Å²) in [7, 11) is 3.88. The number of thiophene rings is 1. The van der Waals surface area contributed by atoms with Gasteiger partial charge in [0, 0.05) is 30.9 Å². The summed E-state index contributed by atoms with van der Waals surface area (Å²) < 4.78 is 0. The number of hydrogen-bond donors (Lipinski definition) is 2. The Hall–Kier alpha value is -4.15. The summed E-state index contributed by atoms with van der Waals surface area (Å²) in [5.41, 5.74) is 3.60. The standard InChI is InChI=1S/C25H20N4O2S/c1-29(2)17-8-5-7-16(13-17)19-14-21(18-9-3-4-10-22(18)30)27-24(20(19)15-26)28-25(31)23-11-6-12-32-23/h3-14,30H,1-2H3,(H,27,28,31). The van der Waals surface area contributed by atoms with Gasteiger partial charge in [0.15, 0.2) is 5.82 Å². The van der Waals surface area contributed by atoms with Crippen LogP contribution in [0.3, 0.4) is 0 Å². The summed E-state index contributed by atoms with van der Waals surface area (Å²) in [5, 5.41) is 25.0. The first kappa shape index (κ1) is 21.1. The van der Waals surface area contributed by atoms with Crippen molar-refractivity contribution in [2.45, 2.75) is 0 Å². The minimum Gasteiger partial charge on any atom is -0.507 e. The Balaban J connectivity index is 1.93. The van der Waals surface area contributed by atoms with Crippen LogP contribution < -0.4 is 10.2 Å². The first-order valence-corrected chi connectivity index (χ1v) is 10.7. The number of carbonyl (C=O) groups is 1. The summed E-state index contributed by atoms with van der Waals surface area (Å²) >= 11 is 1.30. The molecule has 0 atom stereocenters. The third kappa shape index (κ3) is 4.17. The van der Waals surface area contributed by atoms with Gasteiger partial charge in [0.2, 0.25) is 0 Å². The molecule has 0 aliphatic rings. The van der Waals surface area contributed by atoms with Crippen molar-refractivity contribution < 1.29 is 9.90 Å². The lowest BCUT2D eigenvalue weighted by Gasteiger charge is -2.16. The Morgan fingerprint density at radius 2 is 1.88 bits per heavy atom. The highest BCUT2D eigenvalue weighted by Gasteiger charge is 2.19. The number of aromatic nitrogens is 1. The van der Waals surface area contributed by atoms with Crippen LogP contribution in [0.2, 0.25) is 0 Å². The van der Waals surface area contributed by atoms with Crippen molar-refractivity contribution in [1.29, 1.82) is 5.26 Å². The number of rotatable bonds is 5. The van der Waals surface area contributed by atoms with E-state index < -0.39 is 0 Å². The molecule has 0 spiro atoms. The Bertz CT molecular complexity index is 1320. The van der Waals surface area contributed by atoms with Crippen LogP contribution in [0.15, 0.2) is 72.1 Å². The Labute approximate surface area is 190 Å². The van der Waals surface area contributed by atoms with Crippen molar-refractivity contribution in [2.75, 3.05) is 24.3 Å². The van der Waals surface area contributed by atoms with Crippen LogP contribution in [0.1, 0.15) is 15.2 Å². The number of nitrogens with zero attached hydrogens (tertiary/aromatic N) is 3. The highest BCUT2D eigenvalue weighted by Crippen LogP contribution is 2.36. The highest BCUT2D eigenvalue weighted by atomic mass is 32.1. The molecule has 0 fully saturated rings. The van der Waals surface area contributed by atoms with Crippen LogP contribution in [-0.2, 0) is 0 Å². The molecule has 6 nitrogen and oxygen atoms in total. The van der Waals surface area contributed by atoms with Crippen molar-refractivity contribution in [1.82, 2.24) is 4.98 Å². The predicted molar refractivity (Wildman–Crippen MR) is 128 cm³/mol. The minimum absolute atomic E-state index is 0.0632. The second-order valence-corrected chi connectivity index (χ2v) is 8.23. The molecule has 0 unspecified atom stereocenters.